The van der Waals surface area contributed by atoms with Gasteiger partial charge in [-0.1, -0.05) is 27.7 Å². The van der Waals surface area contributed by atoms with Gasteiger partial charge in [-0.3, -0.25) is 4.79 Å². The van der Waals surface area contributed by atoms with Crippen molar-refractivity contribution in [2.45, 2.75) is 46.6 Å². The highest BCUT2D eigenvalue weighted by molar-refractivity contribution is 5.83. The highest BCUT2D eigenvalue weighted by atomic mass is 16.5. The summed E-state index contributed by atoms with van der Waals surface area (Å²) in [6, 6.07) is -1.67. The molecule has 0 rings (SSSR count). The molecule has 0 saturated carbocycles. The molecule has 0 aliphatic carbocycles. The molecule has 122 valence electrons. The Morgan fingerprint density at radius 3 is 2.24 bits per heavy atom. The summed E-state index contributed by atoms with van der Waals surface area (Å²) in [6.45, 7) is 8.64. The van der Waals surface area contributed by atoms with Crippen molar-refractivity contribution < 1.29 is 24.2 Å². The number of nitrogens with one attached hydrogen (secondary N) is 2. The second-order valence-corrected chi connectivity index (χ2v) is 6.13. The highest BCUT2D eigenvalue weighted by Crippen LogP contribution is 2.24. The number of methoxy groups -OCH3 is 1. The van der Waals surface area contributed by atoms with Crippen LogP contribution >= 0.6 is 0 Å². The number of rotatable bonds is 7. The molecule has 7 heteroatoms. The van der Waals surface area contributed by atoms with Gasteiger partial charge in [0.05, 0.1) is 7.11 Å². The molecule has 0 aliphatic rings. The minimum atomic E-state index is -1.18. The molecule has 21 heavy (non-hydrogen) atoms. The second kappa shape index (κ2) is 8.49. The average molecular weight is 302 g/mol. The normalized spacial score (nSPS) is 14.0. The highest BCUT2D eigenvalue weighted by Gasteiger charge is 2.23. The topological polar surface area (TPSA) is 105 Å². The van der Waals surface area contributed by atoms with E-state index in [-0.39, 0.29) is 24.2 Å². The number of carboxylic acid groups (broad SMARTS) is 1. The van der Waals surface area contributed by atoms with E-state index in [1.807, 2.05) is 6.92 Å². The monoisotopic (exact) mass is 302 g/mol. The van der Waals surface area contributed by atoms with Crippen LogP contribution in [0.3, 0.4) is 0 Å². The van der Waals surface area contributed by atoms with E-state index in [0.29, 0.717) is 6.54 Å². The van der Waals surface area contributed by atoms with Crippen LogP contribution in [0.4, 0.5) is 4.79 Å². The van der Waals surface area contributed by atoms with E-state index < -0.39 is 24.0 Å². The zero-order valence-electron chi connectivity index (χ0n) is 13.4. The molecule has 0 saturated heterocycles. The number of hydrogen-bond donors (Lipinski definition) is 3. The minimum absolute atomic E-state index is 0.00967. The number of aliphatic carboxylic acids is 1. The first-order chi connectivity index (χ1) is 9.57. The molecule has 2 amide bonds. The molecule has 0 spiro atoms. The van der Waals surface area contributed by atoms with Gasteiger partial charge in [-0.15, -0.1) is 0 Å². The molecule has 0 aromatic heterocycles. The van der Waals surface area contributed by atoms with Gasteiger partial charge in [0.1, 0.15) is 6.04 Å². The molecule has 0 heterocycles. The number of carbonyl (C=O) groups excluding carboxylic acids is 2. The molecule has 0 radical (unpaired) electrons. The van der Waals surface area contributed by atoms with Crippen LogP contribution in [-0.2, 0) is 14.3 Å². The minimum Gasteiger partial charge on any atom is -0.480 e. The van der Waals surface area contributed by atoms with Crippen molar-refractivity contribution in [3.8, 4) is 0 Å². The van der Waals surface area contributed by atoms with Gasteiger partial charge in [0.25, 0.3) is 0 Å². The summed E-state index contributed by atoms with van der Waals surface area (Å²) in [7, 11) is 1.23. The summed E-state index contributed by atoms with van der Waals surface area (Å²) in [6.07, 6.45) is -0.0730. The number of esters is 1. The molecule has 0 aromatic rings. The number of carboxylic acids is 1. The van der Waals surface area contributed by atoms with E-state index in [2.05, 4.69) is 36.1 Å². The first-order valence-corrected chi connectivity index (χ1v) is 6.92. The summed E-state index contributed by atoms with van der Waals surface area (Å²) in [5.74, 6) is -1.45. The predicted molar refractivity (Wildman–Crippen MR) is 77.8 cm³/mol. The smallest absolute Gasteiger partial charge is 0.326 e. The lowest BCUT2D eigenvalue weighted by molar-refractivity contribution is -0.142. The van der Waals surface area contributed by atoms with Gasteiger partial charge in [0.15, 0.2) is 0 Å². The van der Waals surface area contributed by atoms with Crippen molar-refractivity contribution >= 4 is 18.0 Å². The predicted octanol–water partition coefficient (Wildman–Crippen LogP) is 1.37. The van der Waals surface area contributed by atoms with Crippen molar-refractivity contribution in [1.82, 2.24) is 10.6 Å². The van der Waals surface area contributed by atoms with Crippen molar-refractivity contribution in [3.05, 3.63) is 0 Å². The SMILES string of the molecule is COC(=O)CC[C@H](NC(=O)NCC(C)C(C)(C)C)C(=O)O. The quantitative estimate of drug-likeness (QED) is 0.616. The van der Waals surface area contributed by atoms with E-state index >= 15 is 0 Å². The van der Waals surface area contributed by atoms with Crippen LogP contribution in [0.1, 0.15) is 40.5 Å². The Morgan fingerprint density at radius 1 is 1.24 bits per heavy atom. The maximum Gasteiger partial charge on any atom is 0.326 e. The number of amides is 2. The van der Waals surface area contributed by atoms with Crippen LogP contribution in [0.2, 0.25) is 0 Å². The van der Waals surface area contributed by atoms with Crippen LogP contribution in [0.15, 0.2) is 0 Å². The lowest BCUT2D eigenvalue weighted by Crippen LogP contribution is -2.47. The first-order valence-electron chi connectivity index (χ1n) is 6.92. The first kappa shape index (κ1) is 19.2. The molecule has 7 nitrogen and oxygen atoms in total. The van der Waals surface area contributed by atoms with Crippen molar-refractivity contribution in [2.75, 3.05) is 13.7 Å². The molecule has 0 fully saturated rings. The van der Waals surface area contributed by atoms with E-state index in [1.165, 1.54) is 7.11 Å². The fraction of sp³-hybridized carbons (Fsp3) is 0.786. The van der Waals surface area contributed by atoms with Crippen LogP contribution in [0.5, 0.6) is 0 Å². The molecule has 0 bridgehead atoms. The zero-order valence-corrected chi connectivity index (χ0v) is 13.4. The van der Waals surface area contributed by atoms with Gasteiger partial charge >= 0.3 is 18.0 Å². The Kier molecular flexibility index (Phi) is 7.76. The molecule has 2 atom stereocenters. The number of ether oxygens (including phenoxy) is 1. The van der Waals surface area contributed by atoms with Crippen LogP contribution < -0.4 is 10.6 Å². The summed E-state index contributed by atoms with van der Waals surface area (Å²) >= 11 is 0. The summed E-state index contributed by atoms with van der Waals surface area (Å²) in [5, 5.41) is 14.0. The van der Waals surface area contributed by atoms with Crippen molar-refractivity contribution in [3.63, 3.8) is 0 Å². The lowest BCUT2D eigenvalue weighted by atomic mass is 9.82. The lowest BCUT2D eigenvalue weighted by Gasteiger charge is -2.27. The maximum atomic E-state index is 11.7. The van der Waals surface area contributed by atoms with Gasteiger partial charge in [0, 0.05) is 13.0 Å². The molecule has 1 unspecified atom stereocenters. The third kappa shape index (κ3) is 8.16. The van der Waals surface area contributed by atoms with E-state index in [1.54, 1.807) is 0 Å². The molecular formula is C14H26N2O5. The Hall–Kier alpha value is -1.79. The Bertz CT molecular complexity index is 376. The molecular weight excluding hydrogens is 276 g/mol. The van der Waals surface area contributed by atoms with E-state index in [9.17, 15) is 14.4 Å². The van der Waals surface area contributed by atoms with Gasteiger partial charge in [-0.2, -0.15) is 0 Å². The molecule has 0 aliphatic heterocycles. The Balaban J connectivity index is 4.30. The van der Waals surface area contributed by atoms with Gasteiger partial charge in [0.2, 0.25) is 0 Å². The summed E-state index contributed by atoms with van der Waals surface area (Å²) in [5.41, 5.74) is 0.0460. The fourth-order valence-electron chi connectivity index (χ4n) is 1.38. The zero-order chi connectivity index (χ0) is 16.6. The van der Waals surface area contributed by atoms with Crippen molar-refractivity contribution in [2.24, 2.45) is 11.3 Å². The summed E-state index contributed by atoms with van der Waals surface area (Å²) in [4.78, 5) is 33.7. The maximum absolute atomic E-state index is 11.7. The standard InChI is InChI=1S/C14H26N2O5/c1-9(14(2,3)4)8-15-13(20)16-10(12(18)19)6-7-11(17)21-5/h9-10H,6-8H2,1-5H3,(H,18,19)(H2,15,16,20)/t9?,10-/m0/s1. The van der Waals surface area contributed by atoms with Crippen LogP contribution in [-0.4, -0.2) is 42.8 Å². The van der Waals surface area contributed by atoms with Crippen LogP contribution in [0.25, 0.3) is 0 Å². The Morgan fingerprint density at radius 2 is 1.81 bits per heavy atom. The van der Waals surface area contributed by atoms with Gasteiger partial charge in [-0.25, -0.2) is 9.59 Å². The van der Waals surface area contributed by atoms with Crippen molar-refractivity contribution in [1.29, 1.82) is 0 Å². The number of hydrogen-bond acceptors (Lipinski definition) is 4. The van der Waals surface area contributed by atoms with Gasteiger partial charge in [-0.05, 0) is 17.8 Å². The largest absolute Gasteiger partial charge is 0.480 e. The van der Waals surface area contributed by atoms with Gasteiger partial charge < -0.3 is 20.5 Å². The second-order valence-electron chi connectivity index (χ2n) is 6.13. The Labute approximate surface area is 125 Å². The van der Waals surface area contributed by atoms with Crippen LogP contribution in [0, 0.1) is 11.3 Å². The molecule has 3 N–H and O–H groups in total. The average Bonchev–Trinajstić information content (AvgIpc) is 2.38. The fourth-order valence-corrected chi connectivity index (χ4v) is 1.38. The molecule has 0 aromatic carbocycles. The number of urea groups is 1. The third-order valence-corrected chi connectivity index (χ3v) is 3.52. The van der Waals surface area contributed by atoms with E-state index in [4.69, 9.17) is 5.11 Å². The van der Waals surface area contributed by atoms with E-state index in [0.717, 1.165) is 0 Å². The third-order valence-electron chi connectivity index (χ3n) is 3.52. The summed E-state index contributed by atoms with van der Waals surface area (Å²) < 4.78 is 4.44. The number of carbonyl (C=O) groups is 3.